The van der Waals surface area contributed by atoms with Crippen molar-refractivity contribution in [2.45, 2.75) is 0 Å². The lowest BCUT2D eigenvalue weighted by atomic mass is 10.8. The third kappa shape index (κ3) is 41.8. The quantitative estimate of drug-likeness (QED) is 0.0184. The minimum atomic E-state index is -0.807. The van der Waals surface area contributed by atoms with Gasteiger partial charge in [-0.2, -0.15) is 23.5 Å². The van der Waals surface area contributed by atoms with Crippen molar-refractivity contribution in [2.24, 2.45) is 0 Å². The van der Waals surface area contributed by atoms with Gasteiger partial charge in [-0.1, -0.05) is 23.5 Å². The summed E-state index contributed by atoms with van der Waals surface area (Å²) in [4.78, 5) is 33.8. The number of rotatable bonds is 37. The Kier molecular flexibility index (Phi) is 45.2. The molecule has 268 valence electrons. The second kappa shape index (κ2) is 41.9. The van der Waals surface area contributed by atoms with Crippen molar-refractivity contribution in [2.75, 3.05) is 125 Å². The van der Waals surface area contributed by atoms with Gasteiger partial charge in [-0.3, -0.25) is 9.59 Å². The standard InChI is InChI=1S/C24H46O8S13/c25-1-6-33-8-3-30-23(27)13-37-17-40-16-36-11-12-45(29)22-43-20-41-19-42-21-44-24(28)14-38-18-39-15-35-10-5-32-31-4-9-34-7-2-26/h25-26H,1-22H2. The number of thioether (sulfide) groups is 12. The minimum Gasteiger partial charge on any atom is -0.616 e. The number of carbonyl (C=O) groups excluding carboxylic acids is 2. The Hall–Kier alpha value is 3.49. The molecule has 0 saturated heterocycles. The second-order valence-corrected chi connectivity index (χ2v) is 24.8. The fourth-order valence-corrected chi connectivity index (χ4v) is 16.6. The largest absolute Gasteiger partial charge is 0.616 e. The van der Waals surface area contributed by atoms with Crippen molar-refractivity contribution in [3.8, 4) is 0 Å². The molecule has 2 N–H and O–H groups in total. The first-order valence-electron chi connectivity index (χ1n) is 13.6. The average molecular weight is 879 g/mol. The lowest BCUT2D eigenvalue weighted by molar-refractivity contribution is -0.285. The molecule has 0 aromatic heterocycles. The van der Waals surface area contributed by atoms with E-state index in [0.29, 0.717) is 53.7 Å². The van der Waals surface area contributed by atoms with Crippen molar-refractivity contribution in [1.29, 1.82) is 0 Å². The predicted octanol–water partition coefficient (Wildman–Crippen LogP) is 6.20. The first-order valence-corrected chi connectivity index (χ1v) is 28.7. The van der Waals surface area contributed by atoms with Gasteiger partial charge in [-0.25, -0.2) is 9.78 Å². The first-order chi connectivity index (χ1) is 22.1. The van der Waals surface area contributed by atoms with Gasteiger partial charge in [0.2, 0.25) is 0 Å². The molecule has 45 heavy (non-hydrogen) atoms. The summed E-state index contributed by atoms with van der Waals surface area (Å²) in [7, 11) is 0. The van der Waals surface area contributed by atoms with Crippen LogP contribution >= 0.6 is 141 Å². The number of hydrogen-bond acceptors (Lipinski definition) is 20. The summed E-state index contributed by atoms with van der Waals surface area (Å²) in [6.45, 7) is 1.83. The lowest BCUT2D eigenvalue weighted by Gasteiger charge is -2.10. The summed E-state index contributed by atoms with van der Waals surface area (Å²) in [6.07, 6.45) is 0. The molecule has 0 amide bonds. The molecule has 8 nitrogen and oxygen atoms in total. The van der Waals surface area contributed by atoms with Gasteiger partial charge in [0.15, 0.2) is 10.2 Å². The number of esters is 1. The number of carbonyl (C=O) groups is 2. The highest BCUT2D eigenvalue weighted by molar-refractivity contribution is 8.30. The van der Waals surface area contributed by atoms with Crippen LogP contribution < -0.4 is 0 Å². The monoisotopic (exact) mass is 878 g/mol. The topological polar surface area (TPSA) is 125 Å². The molecule has 1 unspecified atom stereocenters. The summed E-state index contributed by atoms with van der Waals surface area (Å²) >= 11 is 19.5. The molecule has 0 saturated carbocycles. The number of hydrogen-bond donors (Lipinski definition) is 2. The smallest absolute Gasteiger partial charge is 0.315 e. The van der Waals surface area contributed by atoms with Gasteiger partial charge in [0, 0.05) is 70.1 Å². The summed E-state index contributed by atoms with van der Waals surface area (Å²) in [5.41, 5.74) is 0. The van der Waals surface area contributed by atoms with Crippen molar-refractivity contribution in [1.82, 2.24) is 0 Å². The van der Waals surface area contributed by atoms with Crippen LogP contribution in [0.5, 0.6) is 0 Å². The van der Waals surface area contributed by atoms with E-state index < -0.39 is 11.2 Å². The average Bonchev–Trinajstić information content (AvgIpc) is 3.03. The zero-order chi connectivity index (χ0) is 32.9. The lowest BCUT2D eigenvalue weighted by Crippen LogP contribution is -2.11. The molecule has 1 atom stereocenters. The van der Waals surface area contributed by atoms with Crippen LogP contribution in [0.25, 0.3) is 0 Å². The highest BCUT2D eigenvalue weighted by Gasteiger charge is 2.08. The van der Waals surface area contributed by atoms with E-state index in [1.807, 2.05) is 23.5 Å². The molecule has 0 aliphatic rings. The van der Waals surface area contributed by atoms with E-state index in [1.165, 1.54) is 11.8 Å². The zero-order valence-electron chi connectivity index (χ0n) is 25.2. The molecular formula is C24H46O8S13. The molecule has 0 bridgehead atoms. The van der Waals surface area contributed by atoms with Crippen LogP contribution in [0.1, 0.15) is 0 Å². The SMILES string of the molecule is O=C(CSCSCSCC[S+]([O-])CSCSCSCSC(=O)CSCSCSCCOOCCSCCO)OCCSCCO. The summed E-state index contributed by atoms with van der Waals surface area (Å²) in [5.74, 6) is 6.10. The van der Waals surface area contributed by atoms with Gasteiger partial charge in [0.25, 0.3) is 0 Å². The number of aliphatic hydroxyl groups is 2. The Morgan fingerprint density at radius 3 is 1.73 bits per heavy atom. The van der Waals surface area contributed by atoms with Crippen LogP contribution in [0.2, 0.25) is 0 Å². The molecule has 0 aliphatic carbocycles. The molecule has 0 aliphatic heterocycles. The van der Waals surface area contributed by atoms with Crippen LogP contribution in [0, 0.1) is 0 Å². The Bertz CT molecular complexity index is 650. The van der Waals surface area contributed by atoms with E-state index in [2.05, 4.69) is 0 Å². The Morgan fingerprint density at radius 1 is 0.556 bits per heavy atom. The Morgan fingerprint density at radius 2 is 1.07 bits per heavy atom. The zero-order valence-corrected chi connectivity index (χ0v) is 35.8. The van der Waals surface area contributed by atoms with Crippen LogP contribution in [-0.4, -0.2) is 151 Å². The summed E-state index contributed by atoms with van der Waals surface area (Å²) < 4.78 is 17.3. The molecule has 21 heteroatoms. The molecule has 0 aromatic carbocycles. The third-order valence-corrected chi connectivity index (χ3v) is 20.2. The van der Waals surface area contributed by atoms with Crippen molar-refractivity contribution in [3.05, 3.63) is 0 Å². The maximum absolute atomic E-state index is 12.2. The van der Waals surface area contributed by atoms with Crippen LogP contribution in [0.4, 0.5) is 0 Å². The van der Waals surface area contributed by atoms with Crippen molar-refractivity contribution < 1.29 is 38.9 Å². The van der Waals surface area contributed by atoms with Gasteiger partial charge in [0.05, 0.1) is 37.9 Å². The first kappa shape index (κ1) is 48.5. The van der Waals surface area contributed by atoms with E-state index in [4.69, 9.17) is 24.7 Å². The number of aliphatic hydroxyl groups excluding tert-OH is 2. The molecule has 0 fully saturated rings. The predicted molar refractivity (Wildman–Crippen MR) is 224 cm³/mol. The minimum absolute atomic E-state index is 0.147. The normalized spacial score (nSPS) is 12.1. The highest BCUT2D eigenvalue weighted by atomic mass is 32.3. The molecule has 0 heterocycles. The van der Waals surface area contributed by atoms with Gasteiger partial charge in [-0.15, -0.1) is 94.1 Å². The van der Waals surface area contributed by atoms with Gasteiger partial charge < -0.3 is 19.5 Å². The highest BCUT2D eigenvalue weighted by Crippen LogP contribution is 2.24. The van der Waals surface area contributed by atoms with E-state index >= 15 is 0 Å². The second-order valence-electron chi connectivity index (χ2n) is 7.67. The van der Waals surface area contributed by atoms with Gasteiger partial charge in [0.1, 0.15) is 12.4 Å². The van der Waals surface area contributed by atoms with E-state index in [-0.39, 0.29) is 24.3 Å². The van der Waals surface area contributed by atoms with Crippen molar-refractivity contribution >= 4 is 163 Å². The van der Waals surface area contributed by atoms with E-state index in [0.717, 1.165) is 58.6 Å². The molecule has 0 rings (SSSR count). The molecule has 0 spiro atoms. The molecule has 0 radical (unpaired) electrons. The van der Waals surface area contributed by atoms with Gasteiger partial charge in [-0.05, 0) is 11.2 Å². The van der Waals surface area contributed by atoms with Gasteiger partial charge >= 0.3 is 5.97 Å². The molecule has 0 aromatic rings. The molecular weight excluding hydrogens is 833 g/mol. The Labute approximate surface area is 324 Å². The summed E-state index contributed by atoms with van der Waals surface area (Å²) in [6, 6.07) is 0. The fourth-order valence-electron chi connectivity index (χ4n) is 2.24. The maximum atomic E-state index is 12.2. The Balaban J connectivity index is 3.29. The van der Waals surface area contributed by atoms with Crippen LogP contribution in [0.15, 0.2) is 0 Å². The van der Waals surface area contributed by atoms with E-state index in [9.17, 15) is 14.1 Å². The number of ether oxygens (including phenoxy) is 1. The summed E-state index contributed by atoms with van der Waals surface area (Å²) in [5, 5.41) is 24.5. The third-order valence-electron chi connectivity index (χ3n) is 4.08. The van der Waals surface area contributed by atoms with Crippen molar-refractivity contribution in [3.63, 3.8) is 0 Å². The van der Waals surface area contributed by atoms with Crippen LogP contribution in [0.3, 0.4) is 0 Å². The van der Waals surface area contributed by atoms with E-state index in [1.54, 1.807) is 106 Å². The maximum Gasteiger partial charge on any atom is 0.315 e. The fraction of sp³-hybridized carbons (Fsp3) is 0.917. The van der Waals surface area contributed by atoms with Crippen LogP contribution in [-0.2, 0) is 35.3 Å².